The molecule has 0 aromatic heterocycles. The number of carbonyl (C=O) groups excluding carboxylic acids is 2. The van der Waals surface area contributed by atoms with Crippen molar-refractivity contribution in [1.29, 1.82) is 0 Å². The molecule has 7 nitrogen and oxygen atoms in total. The molecule has 20 heavy (non-hydrogen) atoms. The van der Waals surface area contributed by atoms with Crippen LogP contribution in [0.1, 0.15) is 38.5 Å². The zero-order valence-corrected chi connectivity index (χ0v) is 11.5. The number of primary amides is 1. The monoisotopic (exact) mass is 285 g/mol. The summed E-state index contributed by atoms with van der Waals surface area (Å²) in [5, 5.41) is 11.6. The SMILES string of the molecule is NCC1CCCCC1C(=O)N[C@H](CCC(N)=O)C(=O)O. The van der Waals surface area contributed by atoms with Gasteiger partial charge in [-0.1, -0.05) is 12.8 Å². The summed E-state index contributed by atoms with van der Waals surface area (Å²) in [5.74, 6) is -2.14. The minimum absolute atomic E-state index is 0.0103. The molecule has 0 bridgehead atoms. The molecule has 3 atom stereocenters. The second kappa shape index (κ2) is 7.84. The van der Waals surface area contributed by atoms with E-state index in [9.17, 15) is 14.4 Å². The van der Waals surface area contributed by atoms with Crippen LogP contribution in [-0.2, 0) is 14.4 Å². The van der Waals surface area contributed by atoms with Gasteiger partial charge in [-0.05, 0) is 31.7 Å². The summed E-state index contributed by atoms with van der Waals surface area (Å²) >= 11 is 0. The first kappa shape index (κ1) is 16.4. The number of carbonyl (C=O) groups is 3. The first-order chi connectivity index (χ1) is 9.45. The third kappa shape index (κ3) is 4.80. The number of hydrogen-bond acceptors (Lipinski definition) is 4. The Morgan fingerprint density at radius 3 is 2.45 bits per heavy atom. The molecule has 2 unspecified atom stereocenters. The van der Waals surface area contributed by atoms with Gasteiger partial charge in [-0.15, -0.1) is 0 Å². The van der Waals surface area contributed by atoms with Gasteiger partial charge >= 0.3 is 5.97 Å². The van der Waals surface area contributed by atoms with Gasteiger partial charge in [0, 0.05) is 12.3 Å². The van der Waals surface area contributed by atoms with Crippen LogP contribution < -0.4 is 16.8 Å². The van der Waals surface area contributed by atoms with Crippen LogP contribution >= 0.6 is 0 Å². The van der Waals surface area contributed by atoms with Crippen LogP contribution in [0, 0.1) is 11.8 Å². The lowest BCUT2D eigenvalue weighted by atomic mass is 9.78. The van der Waals surface area contributed by atoms with Crippen LogP contribution in [-0.4, -0.2) is 35.5 Å². The predicted octanol–water partition coefficient (Wildman–Crippen LogP) is -0.414. The van der Waals surface area contributed by atoms with Gasteiger partial charge in [-0.3, -0.25) is 9.59 Å². The summed E-state index contributed by atoms with van der Waals surface area (Å²) in [6.07, 6.45) is 3.57. The highest BCUT2D eigenvalue weighted by molar-refractivity contribution is 5.85. The zero-order chi connectivity index (χ0) is 15.1. The van der Waals surface area contributed by atoms with Crippen LogP contribution in [0.5, 0.6) is 0 Å². The van der Waals surface area contributed by atoms with Gasteiger partial charge in [0.25, 0.3) is 0 Å². The maximum absolute atomic E-state index is 12.2. The first-order valence-electron chi connectivity index (χ1n) is 6.97. The Morgan fingerprint density at radius 1 is 1.25 bits per heavy atom. The molecule has 1 rings (SSSR count). The van der Waals surface area contributed by atoms with Crippen molar-refractivity contribution in [3.05, 3.63) is 0 Å². The molecular weight excluding hydrogens is 262 g/mol. The van der Waals surface area contributed by atoms with Crippen molar-refractivity contribution in [2.75, 3.05) is 6.54 Å². The van der Waals surface area contributed by atoms with Crippen molar-refractivity contribution in [1.82, 2.24) is 5.32 Å². The quantitative estimate of drug-likeness (QED) is 0.504. The molecule has 0 spiro atoms. The highest BCUT2D eigenvalue weighted by Crippen LogP contribution is 2.29. The Labute approximate surface area is 118 Å². The van der Waals surface area contributed by atoms with Crippen molar-refractivity contribution in [2.45, 2.75) is 44.6 Å². The minimum Gasteiger partial charge on any atom is -0.480 e. The molecule has 0 heterocycles. The molecule has 0 aliphatic heterocycles. The van der Waals surface area contributed by atoms with Crippen LogP contribution in [0.15, 0.2) is 0 Å². The number of nitrogens with one attached hydrogen (secondary N) is 1. The van der Waals surface area contributed by atoms with Gasteiger partial charge in [0.2, 0.25) is 11.8 Å². The van der Waals surface area contributed by atoms with E-state index in [-0.39, 0.29) is 30.6 Å². The van der Waals surface area contributed by atoms with E-state index in [0.29, 0.717) is 6.54 Å². The van der Waals surface area contributed by atoms with Crippen molar-refractivity contribution in [3.8, 4) is 0 Å². The largest absolute Gasteiger partial charge is 0.480 e. The molecule has 7 heteroatoms. The molecule has 6 N–H and O–H groups in total. The van der Waals surface area contributed by atoms with E-state index in [1.54, 1.807) is 0 Å². The number of hydrogen-bond donors (Lipinski definition) is 4. The molecule has 2 amide bonds. The lowest BCUT2D eigenvalue weighted by molar-refractivity contribution is -0.143. The van der Waals surface area contributed by atoms with E-state index < -0.39 is 17.9 Å². The minimum atomic E-state index is -1.15. The van der Waals surface area contributed by atoms with E-state index in [4.69, 9.17) is 16.6 Å². The molecule has 1 saturated carbocycles. The van der Waals surface area contributed by atoms with Gasteiger partial charge in [-0.25, -0.2) is 4.79 Å². The number of rotatable bonds is 7. The van der Waals surface area contributed by atoms with Gasteiger partial charge in [0.15, 0.2) is 0 Å². The Hall–Kier alpha value is -1.63. The molecule has 114 valence electrons. The Balaban J connectivity index is 2.59. The Bertz CT molecular complexity index is 373. The molecule has 1 fully saturated rings. The molecular formula is C13H23N3O4. The number of aliphatic carboxylic acids is 1. The maximum atomic E-state index is 12.2. The predicted molar refractivity (Wildman–Crippen MR) is 72.5 cm³/mol. The second-order valence-electron chi connectivity index (χ2n) is 5.29. The standard InChI is InChI=1S/C13H23N3O4/c14-7-8-3-1-2-4-9(8)12(18)16-10(13(19)20)5-6-11(15)17/h8-10H,1-7,14H2,(H2,15,17)(H,16,18)(H,19,20)/t8?,9?,10-/m1/s1. The number of amides is 2. The normalized spacial score (nSPS) is 23.9. The fraction of sp³-hybridized carbons (Fsp3) is 0.769. The summed E-state index contributed by atoms with van der Waals surface area (Å²) in [7, 11) is 0. The van der Waals surface area contributed by atoms with Crippen LogP contribution in [0.25, 0.3) is 0 Å². The lowest BCUT2D eigenvalue weighted by Gasteiger charge is -2.30. The van der Waals surface area contributed by atoms with E-state index in [1.807, 2.05) is 0 Å². The molecule has 0 radical (unpaired) electrons. The number of carboxylic acids is 1. The van der Waals surface area contributed by atoms with Gasteiger partial charge in [0.1, 0.15) is 6.04 Å². The summed E-state index contributed by atoms with van der Waals surface area (Å²) in [6, 6.07) is -1.07. The summed E-state index contributed by atoms with van der Waals surface area (Å²) < 4.78 is 0. The average molecular weight is 285 g/mol. The first-order valence-corrected chi connectivity index (χ1v) is 6.97. The lowest BCUT2D eigenvalue weighted by Crippen LogP contribution is -2.47. The van der Waals surface area contributed by atoms with Crippen LogP contribution in [0.4, 0.5) is 0 Å². The van der Waals surface area contributed by atoms with E-state index >= 15 is 0 Å². The van der Waals surface area contributed by atoms with Crippen molar-refractivity contribution >= 4 is 17.8 Å². The van der Waals surface area contributed by atoms with Crippen molar-refractivity contribution < 1.29 is 19.5 Å². The molecule has 1 aliphatic rings. The van der Waals surface area contributed by atoms with E-state index in [0.717, 1.165) is 25.7 Å². The zero-order valence-electron chi connectivity index (χ0n) is 11.5. The smallest absolute Gasteiger partial charge is 0.326 e. The fourth-order valence-corrected chi connectivity index (χ4v) is 2.66. The van der Waals surface area contributed by atoms with Gasteiger partial charge < -0.3 is 21.9 Å². The summed E-state index contributed by atoms with van der Waals surface area (Å²) in [5.41, 5.74) is 10.7. The second-order valence-corrected chi connectivity index (χ2v) is 5.29. The average Bonchev–Trinajstić information content (AvgIpc) is 2.42. The van der Waals surface area contributed by atoms with Crippen LogP contribution in [0.2, 0.25) is 0 Å². The Morgan fingerprint density at radius 2 is 1.90 bits per heavy atom. The van der Waals surface area contributed by atoms with E-state index in [2.05, 4.69) is 5.32 Å². The third-order valence-electron chi connectivity index (χ3n) is 3.84. The topological polar surface area (TPSA) is 136 Å². The highest BCUT2D eigenvalue weighted by atomic mass is 16.4. The summed E-state index contributed by atoms with van der Waals surface area (Å²) in [6.45, 7) is 0.428. The molecule has 0 saturated heterocycles. The molecule has 0 aromatic rings. The van der Waals surface area contributed by atoms with Crippen molar-refractivity contribution in [3.63, 3.8) is 0 Å². The fourth-order valence-electron chi connectivity index (χ4n) is 2.66. The van der Waals surface area contributed by atoms with Gasteiger partial charge in [-0.2, -0.15) is 0 Å². The van der Waals surface area contributed by atoms with Crippen molar-refractivity contribution in [2.24, 2.45) is 23.3 Å². The maximum Gasteiger partial charge on any atom is 0.326 e. The van der Waals surface area contributed by atoms with Gasteiger partial charge in [0.05, 0.1) is 0 Å². The van der Waals surface area contributed by atoms with E-state index in [1.165, 1.54) is 0 Å². The Kier molecular flexibility index (Phi) is 6.44. The highest BCUT2D eigenvalue weighted by Gasteiger charge is 2.32. The molecule has 1 aliphatic carbocycles. The number of carboxylic acid groups (broad SMARTS) is 1. The summed E-state index contributed by atoms with van der Waals surface area (Å²) in [4.78, 5) is 34.0. The van der Waals surface area contributed by atoms with Crippen LogP contribution in [0.3, 0.4) is 0 Å². The third-order valence-corrected chi connectivity index (χ3v) is 3.84. The number of nitrogens with two attached hydrogens (primary N) is 2. The molecule has 0 aromatic carbocycles.